The summed E-state index contributed by atoms with van der Waals surface area (Å²) < 4.78 is 1.86. The lowest BCUT2D eigenvalue weighted by Crippen LogP contribution is -2.38. The van der Waals surface area contributed by atoms with E-state index in [1.807, 2.05) is 11.7 Å². The van der Waals surface area contributed by atoms with Gasteiger partial charge >= 0.3 is 0 Å². The van der Waals surface area contributed by atoms with E-state index in [0.717, 1.165) is 24.8 Å². The molecular weight excluding hydrogens is 214 g/mol. The van der Waals surface area contributed by atoms with Crippen LogP contribution in [0.15, 0.2) is 6.33 Å². The van der Waals surface area contributed by atoms with E-state index >= 15 is 0 Å². The van der Waals surface area contributed by atoms with Crippen LogP contribution in [-0.4, -0.2) is 38.8 Å². The molecule has 1 aromatic rings. The largest absolute Gasteiger partial charge is 0.327 e. The summed E-state index contributed by atoms with van der Waals surface area (Å²) in [6.45, 7) is 3.24. The molecule has 17 heavy (non-hydrogen) atoms. The highest BCUT2D eigenvalue weighted by Crippen LogP contribution is 2.35. The van der Waals surface area contributed by atoms with E-state index in [9.17, 15) is 0 Å². The van der Waals surface area contributed by atoms with E-state index in [1.54, 1.807) is 6.33 Å². The van der Waals surface area contributed by atoms with E-state index in [2.05, 4.69) is 15.0 Å². The summed E-state index contributed by atoms with van der Waals surface area (Å²) in [5.74, 6) is 2.57. The molecule has 0 bridgehead atoms. The van der Waals surface area contributed by atoms with Crippen molar-refractivity contribution in [2.75, 3.05) is 13.1 Å². The maximum Gasteiger partial charge on any atom is 0.140 e. The average Bonchev–Trinajstić information content (AvgIpc) is 2.87. The molecule has 2 fully saturated rings. The second-order valence-corrected chi connectivity index (χ2v) is 5.51. The first-order chi connectivity index (χ1) is 8.24. The van der Waals surface area contributed by atoms with Crippen molar-refractivity contribution in [3.8, 4) is 0 Å². The highest BCUT2D eigenvalue weighted by Gasteiger charge is 2.38. The molecule has 0 spiro atoms. The van der Waals surface area contributed by atoms with Crippen LogP contribution in [0, 0.1) is 11.8 Å². The Balaban J connectivity index is 1.65. The molecule has 3 unspecified atom stereocenters. The zero-order valence-corrected chi connectivity index (χ0v) is 10.4. The number of likely N-dealkylation sites (tertiary alicyclic amines) is 1. The summed E-state index contributed by atoms with van der Waals surface area (Å²) in [6, 6.07) is 0.415. The number of hydrogen-bond donors (Lipinski definition) is 1. The number of hydrogen-bond acceptors (Lipinski definition) is 4. The van der Waals surface area contributed by atoms with Crippen molar-refractivity contribution in [1.29, 1.82) is 0 Å². The number of rotatable bonds is 2. The van der Waals surface area contributed by atoms with E-state index < -0.39 is 0 Å². The first-order valence-electron chi connectivity index (χ1n) is 6.55. The zero-order valence-electron chi connectivity index (χ0n) is 10.4. The monoisotopic (exact) mass is 235 g/mol. The Hall–Kier alpha value is -0.940. The van der Waals surface area contributed by atoms with Gasteiger partial charge in [-0.15, -0.1) is 0 Å². The Morgan fingerprint density at radius 2 is 2.29 bits per heavy atom. The van der Waals surface area contributed by atoms with Crippen LogP contribution in [0.3, 0.4) is 0 Å². The predicted molar refractivity (Wildman–Crippen MR) is 65.1 cm³/mol. The van der Waals surface area contributed by atoms with Gasteiger partial charge in [-0.25, -0.2) is 4.98 Å². The van der Waals surface area contributed by atoms with Crippen LogP contribution in [0.5, 0.6) is 0 Å². The summed E-state index contributed by atoms with van der Waals surface area (Å²) in [5.41, 5.74) is 6.23. The van der Waals surface area contributed by atoms with Crippen LogP contribution in [0.25, 0.3) is 0 Å². The molecule has 1 saturated carbocycles. The van der Waals surface area contributed by atoms with Gasteiger partial charge in [0.05, 0.1) is 6.54 Å². The first kappa shape index (κ1) is 11.2. The summed E-state index contributed by atoms with van der Waals surface area (Å²) in [7, 11) is 1.96. The molecule has 2 aliphatic rings. The molecule has 94 valence electrons. The summed E-state index contributed by atoms with van der Waals surface area (Å²) >= 11 is 0. The highest BCUT2D eigenvalue weighted by molar-refractivity contribution is 4.95. The fourth-order valence-electron chi connectivity index (χ4n) is 3.40. The molecule has 3 atom stereocenters. The maximum atomic E-state index is 6.23. The standard InChI is InChI=1S/C12H21N5/c1-16-12(14-8-15-16)7-17-5-9-3-2-4-11(13)10(9)6-17/h8-11H,2-7,13H2,1H3. The van der Waals surface area contributed by atoms with E-state index in [-0.39, 0.29) is 0 Å². The van der Waals surface area contributed by atoms with Gasteiger partial charge in [0.2, 0.25) is 0 Å². The van der Waals surface area contributed by atoms with E-state index in [0.29, 0.717) is 12.0 Å². The minimum atomic E-state index is 0.415. The van der Waals surface area contributed by atoms with Gasteiger partial charge in [-0.2, -0.15) is 5.10 Å². The fourth-order valence-corrected chi connectivity index (χ4v) is 3.40. The molecule has 2 N–H and O–H groups in total. The molecule has 5 heteroatoms. The lowest BCUT2D eigenvalue weighted by atomic mass is 9.78. The van der Waals surface area contributed by atoms with Gasteiger partial charge in [-0.05, 0) is 24.7 Å². The molecule has 1 aliphatic carbocycles. The minimum absolute atomic E-state index is 0.415. The number of aryl methyl sites for hydroxylation is 1. The summed E-state index contributed by atoms with van der Waals surface area (Å²) in [6.07, 6.45) is 5.50. The van der Waals surface area contributed by atoms with Crippen molar-refractivity contribution in [2.24, 2.45) is 24.6 Å². The van der Waals surface area contributed by atoms with Crippen LogP contribution in [0.2, 0.25) is 0 Å². The van der Waals surface area contributed by atoms with E-state index in [1.165, 1.54) is 25.8 Å². The predicted octanol–water partition coefficient (Wildman–Crippen LogP) is 0.374. The maximum absolute atomic E-state index is 6.23. The zero-order chi connectivity index (χ0) is 11.8. The number of nitrogens with zero attached hydrogens (tertiary/aromatic N) is 4. The van der Waals surface area contributed by atoms with Crippen LogP contribution >= 0.6 is 0 Å². The quantitative estimate of drug-likeness (QED) is 0.805. The Kier molecular flexibility index (Phi) is 2.88. The smallest absolute Gasteiger partial charge is 0.140 e. The molecule has 1 aliphatic heterocycles. The Morgan fingerprint density at radius 3 is 3.00 bits per heavy atom. The topological polar surface area (TPSA) is 60.0 Å². The summed E-state index contributed by atoms with van der Waals surface area (Å²) in [4.78, 5) is 6.79. The third-order valence-corrected chi connectivity index (χ3v) is 4.40. The van der Waals surface area contributed by atoms with E-state index in [4.69, 9.17) is 5.73 Å². The van der Waals surface area contributed by atoms with Crippen molar-refractivity contribution < 1.29 is 0 Å². The second-order valence-electron chi connectivity index (χ2n) is 5.51. The SMILES string of the molecule is Cn1ncnc1CN1CC2CCCC(N)C2C1. The number of aromatic nitrogens is 3. The van der Waals surface area contributed by atoms with Gasteiger partial charge in [0.1, 0.15) is 12.2 Å². The number of nitrogens with two attached hydrogens (primary N) is 1. The molecule has 0 radical (unpaired) electrons. The third-order valence-electron chi connectivity index (χ3n) is 4.40. The molecule has 2 heterocycles. The van der Waals surface area contributed by atoms with Gasteiger partial charge in [-0.1, -0.05) is 6.42 Å². The molecule has 3 rings (SSSR count). The van der Waals surface area contributed by atoms with Crippen molar-refractivity contribution in [3.63, 3.8) is 0 Å². The van der Waals surface area contributed by atoms with Crippen LogP contribution in [0.4, 0.5) is 0 Å². The Bertz CT molecular complexity index is 388. The molecule has 0 amide bonds. The van der Waals surface area contributed by atoms with Crippen molar-refractivity contribution in [3.05, 3.63) is 12.2 Å². The Morgan fingerprint density at radius 1 is 1.41 bits per heavy atom. The Labute approximate surface area is 102 Å². The lowest BCUT2D eigenvalue weighted by molar-refractivity contribution is 0.259. The molecule has 0 aromatic carbocycles. The third kappa shape index (κ3) is 2.09. The highest BCUT2D eigenvalue weighted by atomic mass is 15.3. The van der Waals surface area contributed by atoms with Crippen LogP contribution in [-0.2, 0) is 13.6 Å². The second kappa shape index (κ2) is 4.38. The van der Waals surface area contributed by atoms with Gasteiger partial charge < -0.3 is 5.73 Å². The van der Waals surface area contributed by atoms with Crippen LogP contribution < -0.4 is 5.73 Å². The van der Waals surface area contributed by atoms with Crippen molar-refractivity contribution in [1.82, 2.24) is 19.7 Å². The van der Waals surface area contributed by atoms with Crippen LogP contribution in [0.1, 0.15) is 25.1 Å². The summed E-state index contributed by atoms with van der Waals surface area (Å²) in [5, 5.41) is 4.12. The minimum Gasteiger partial charge on any atom is -0.327 e. The first-order valence-corrected chi connectivity index (χ1v) is 6.55. The van der Waals surface area contributed by atoms with Gasteiger partial charge in [0, 0.05) is 26.2 Å². The average molecular weight is 235 g/mol. The van der Waals surface area contributed by atoms with Gasteiger partial charge in [0.25, 0.3) is 0 Å². The molecule has 5 nitrogen and oxygen atoms in total. The van der Waals surface area contributed by atoms with Crippen molar-refractivity contribution in [2.45, 2.75) is 31.8 Å². The number of fused-ring (bicyclic) bond motifs is 1. The molecular formula is C12H21N5. The fraction of sp³-hybridized carbons (Fsp3) is 0.833. The van der Waals surface area contributed by atoms with Gasteiger partial charge in [0.15, 0.2) is 0 Å². The lowest BCUT2D eigenvalue weighted by Gasteiger charge is -2.29. The molecule has 1 aromatic heterocycles. The molecule has 1 saturated heterocycles. The normalized spacial score (nSPS) is 33.9. The van der Waals surface area contributed by atoms with Gasteiger partial charge in [-0.3, -0.25) is 9.58 Å². The van der Waals surface area contributed by atoms with Crippen molar-refractivity contribution >= 4 is 0 Å².